The van der Waals surface area contributed by atoms with E-state index in [0.29, 0.717) is 16.7 Å². The summed E-state index contributed by atoms with van der Waals surface area (Å²) in [5, 5.41) is 9.41. The van der Waals surface area contributed by atoms with Crippen molar-refractivity contribution in [2.24, 2.45) is 0 Å². The second kappa shape index (κ2) is 4.62. The first kappa shape index (κ1) is 12.1. The van der Waals surface area contributed by atoms with Crippen molar-refractivity contribution in [3.05, 3.63) is 64.4 Å². The lowest BCUT2D eigenvalue weighted by Gasteiger charge is -2.03. The minimum atomic E-state index is -1.13. The molecule has 0 bridgehead atoms. The van der Waals surface area contributed by atoms with E-state index in [1.165, 1.54) is 12.1 Å². The van der Waals surface area contributed by atoms with Crippen LogP contribution in [0, 0.1) is 0 Å². The monoisotopic (exact) mass is 267 g/mol. The van der Waals surface area contributed by atoms with Crippen molar-refractivity contribution in [3.63, 3.8) is 0 Å². The third-order valence-corrected chi connectivity index (χ3v) is 2.86. The van der Waals surface area contributed by atoms with E-state index in [2.05, 4.69) is 4.98 Å². The number of aromatic nitrogens is 1. The van der Waals surface area contributed by atoms with Crippen molar-refractivity contribution >= 4 is 16.9 Å². The molecule has 5 nitrogen and oxygen atoms in total. The fourth-order valence-electron chi connectivity index (χ4n) is 1.92. The van der Waals surface area contributed by atoms with Gasteiger partial charge in [0.1, 0.15) is 17.0 Å². The predicted molar refractivity (Wildman–Crippen MR) is 72.7 cm³/mol. The number of aromatic carboxylic acids is 1. The Bertz CT molecular complexity index is 867. The van der Waals surface area contributed by atoms with Crippen LogP contribution >= 0.6 is 0 Å². The number of pyridine rings is 1. The molecule has 0 aliphatic heterocycles. The minimum absolute atomic E-state index is 0.0988. The first-order chi connectivity index (χ1) is 9.65. The Morgan fingerprint density at radius 1 is 1.10 bits per heavy atom. The van der Waals surface area contributed by atoms with Crippen LogP contribution in [-0.2, 0) is 0 Å². The normalized spacial score (nSPS) is 10.6. The molecule has 3 rings (SSSR count). The van der Waals surface area contributed by atoms with Gasteiger partial charge < -0.3 is 9.52 Å². The topological polar surface area (TPSA) is 80.4 Å². The summed E-state index contributed by atoms with van der Waals surface area (Å²) in [6.45, 7) is 0. The maximum atomic E-state index is 12.0. The van der Waals surface area contributed by atoms with Crippen molar-refractivity contribution in [2.45, 2.75) is 0 Å². The number of rotatable bonds is 2. The number of hydrogen-bond donors (Lipinski definition) is 1. The van der Waals surface area contributed by atoms with Gasteiger partial charge in [-0.05, 0) is 24.3 Å². The van der Waals surface area contributed by atoms with E-state index >= 15 is 0 Å². The second-order valence-corrected chi connectivity index (χ2v) is 4.18. The van der Waals surface area contributed by atoms with E-state index in [-0.39, 0.29) is 16.9 Å². The van der Waals surface area contributed by atoms with Crippen molar-refractivity contribution in [2.75, 3.05) is 0 Å². The molecule has 2 aromatic heterocycles. The third-order valence-electron chi connectivity index (χ3n) is 2.86. The van der Waals surface area contributed by atoms with Crippen LogP contribution in [0.25, 0.3) is 22.4 Å². The van der Waals surface area contributed by atoms with Crippen LogP contribution in [0.15, 0.2) is 57.7 Å². The molecule has 0 amide bonds. The lowest BCUT2D eigenvalue weighted by Crippen LogP contribution is -2.03. The molecule has 20 heavy (non-hydrogen) atoms. The van der Waals surface area contributed by atoms with Gasteiger partial charge in [-0.1, -0.05) is 18.2 Å². The number of carboxylic acids is 1. The standard InChI is InChI=1S/C15H9NO4/c17-12-8-14(20-13-7-2-1-4-9(12)13)10-5-3-6-11(16-10)15(18)19/h1-8H,(H,18,19). The summed E-state index contributed by atoms with van der Waals surface area (Å²) in [4.78, 5) is 26.9. The van der Waals surface area contributed by atoms with Crippen molar-refractivity contribution in [1.82, 2.24) is 4.98 Å². The van der Waals surface area contributed by atoms with Crippen LogP contribution in [0.4, 0.5) is 0 Å². The quantitative estimate of drug-likeness (QED) is 0.771. The molecule has 0 saturated carbocycles. The third kappa shape index (κ3) is 2.05. The van der Waals surface area contributed by atoms with Crippen LogP contribution < -0.4 is 5.43 Å². The molecule has 0 spiro atoms. The van der Waals surface area contributed by atoms with Gasteiger partial charge in [-0.15, -0.1) is 0 Å². The van der Waals surface area contributed by atoms with Crippen molar-refractivity contribution in [3.8, 4) is 11.5 Å². The molecular formula is C15H9NO4. The summed E-state index contributed by atoms with van der Waals surface area (Å²) in [6, 6.07) is 12.7. The SMILES string of the molecule is O=C(O)c1cccc(-c2cc(=O)c3ccccc3o2)n1. The van der Waals surface area contributed by atoms with Crippen molar-refractivity contribution in [1.29, 1.82) is 0 Å². The summed E-state index contributed by atoms with van der Waals surface area (Å²) in [5.41, 5.74) is 0.466. The van der Waals surface area contributed by atoms with Gasteiger partial charge in [0.15, 0.2) is 11.2 Å². The molecule has 0 saturated heterocycles. The fourth-order valence-corrected chi connectivity index (χ4v) is 1.92. The van der Waals surface area contributed by atoms with Gasteiger partial charge in [-0.2, -0.15) is 0 Å². The molecule has 0 atom stereocenters. The summed E-state index contributed by atoms with van der Waals surface area (Å²) in [6.07, 6.45) is 0. The minimum Gasteiger partial charge on any atom is -0.477 e. The molecule has 0 fully saturated rings. The summed E-state index contributed by atoms with van der Waals surface area (Å²) < 4.78 is 5.61. The van der Waals surface area contributed by atoms with Crippen LogP contribution in [0.2, 0.25) is 0 Å². The Morgan fingerprint density at radius 2 is 1.90 bits per heavy atom. The van der Waals surface area contributed by atoms with Gasteiger partial charge in [0.25, 0.3) is 0 Å². The van der Waals surface area contributed by atoms with E-state index in [9.17, 15) is 9.59 Å². The molecule has 1 N–H and O–H groups in total. The van der Waals surface area contributed by atoms with Gasteiger partial charge >= 0.3 is 5.97 Å². The fraction of sp³-hybridized carbons (Fsp3) is 0. The van der Waals surface area contributed by atoms with E-state index < -0.39 is 5.97 Å². The summed E-state index contributed by atoms with van der Waals surface area (Å²) >= 11 is 0. The van der Waals surface area contributed by atoms with Crippen LogP contribution in [0.1, 0.15) is 10.5 Å². The maximum Gasteiger partial charge on any atom is 0.354 e. The summed E-state index contributed by atoms with van der Waals surface area (Å²) in [5.74, 6) is -0.883. The predicted octanol–water partition coefficient (Wildman–Crippen LogP) is 2.55. The number of carbonyl (C=O) groups is 1. The lowest BCUT2D eigenvalue weighted by atomic mass is 10.2. The summed E-state index contributed by atoms with van der Waals surface area (Å²) in [7, 11) is 0. The van der Waals surface area contributed by atoms with Gasteiger partial charge in [0, 0.05) is 6.07 Å². The second-order valence-electron chi connectivity index (χ2n) is 4.18. The smallest absolute Gasteiger partial charge is 0.354 e. The molecule has 98 valence electrons. The van der Waals surface area contributed by atoms with Crippen LogP contribution in [0.5, 0.6) is 0 Å². The number of benzene rings is 1. The first-order valence-electron chi connectivity index (χ1n) is 5.89. The molecule has 2 heterocycles. The Morgan fingerprint density at radius 3 is 2.70 bits per heavy atom. The average molecular weight is 267 g/mol. The zero-order valence-corrected chi connectivity index (χ0v) is 10.2. The molecule has 3 aromatic rings. The van der Waals surface area contributed by atoms with Gasteiger partial charge in [0.2, 0.25) is 0 Å². The van der Waals surface area contributed by atoms with Crippen LogP contribution in [0.3, 0.4) is 0 Å². The molecule has 0 unspecified atom stereocenters. The Kier molecular flexibility index (Phi) is 2.80. The molecule has 1 aromatic carbocycles. The van der Waals surface area contributed by atoms with E-state index in [1.807, 2.05) is 0 Å². The molecule has 0 aliphatic carbocycles. The van der Waals surface area contributed by atoms with Gasteiger partial charge in [-0.25, -0.2) is 9.78 Å². The van der Waals surface area contributed by atoms with Crippen molar-refractivity contribution < 1.29 is 14.3 Å². The van der Waals surface area contributed by atoms with Crippen LogP contribution in [-0.4, -0.2) is 16.1 Å². The Hall–Kier alpha value is -2.95. The molecule has 0 radical (unpaired) electrons. The highest BCUT2D eigenvalue weighted by molar-refractivity contribution is 5.86. The number of hydrogen-bond acceptors (Lipinski definition) is 4. The number of carboxylic acid groups (broad SMARTS) is 1. The maximum absolute atomic E-state index is 12.0. The van der Waals surface area contributed by atoms with E-state index in [1.54, 1.807) is 36.4 Å². The molecular weight excluding hydrogens is 258 g/mol. The average Bonchev–Trinajstić information content (AvgIpc) is 2.47. The zero-order valence-electron chi connectivity index (χ0n) is 10.2. The largest absolute Gasteiger partial charge is 0.477 e. The van der Waals surface area contributed by atoms with E-state index in [0.717, 1.165) is 0 Å². The van der Waals surface area contributed by atoms with E-state index in [4.69, 9.17) is 9.52 Å². The molecule has 5 heteroatoms. The highest BCUT2D eigenvalue weighted by Crippen LogP contribution is 2.20. The number of para-hydroxylation sites is 1. The zero-order chi connectivity index (χ0) is 14.1. The number of fused-ring (bicyclic) bond motifs is 1. The molecule has 0 aliphatic rings. The van der Waals surface area contributed by atoms with Gasteiger partial charge in [0.05, 0.1) is 5.39 Å². The van der Waals surface area contributed by atoms with Gasteiger partial charge in [-0.3, -0.25) is 4.79 Å². The first-order valence-corrected chi connectivity index (χ1v) is 5.89. The Balaban J connectivity index is 2.22. The lowest BCUT2D eigenvalue weighted by molar-refractivity contribution is 0.0690. The Labute approximate surface area is 113 Å². The highest BCUT2D eigenvalue weighted by atomic mass is 16.4. The number of nitrogens with zero attached hydrogens (tertiary/aromatic N) is 1. The highest BCUT2D eigenvalue weighted by Gasteiger charge is 2.10.